The lowest BCUT2D eigenvalue weighted by atomic mass is 10.2. The van der Waals surface area contributed by atoms with Crippen molar-refractivity contribution >= 4 is 17.7 Å². The van der Waals surface area contributed by atoms with Crippen LogP contribution in [-0.2, 0) is 11.3 Å². The first-order valence-electron chi connectivity index (χ1n) is 6.74. The number of hydrogen-bond acceptors (Lipinski definition) is 4. The molecule has 2 heterocycles. The van der Waals surface area contributed by atoms with Gasteiger partial charge in [0.1, 0.15) is 5.37 Å². The van der Waals surface area contributed by atoms with Crippen molar-refractivity contribution in [2.45, 2.75) is 11.9 Å². The molecule has 1 aromatic heterocycles. The van der Waals surface area contributed by atoms with Crippen LogP contribution in [0, 0.1) is 0 Å². The summed E-state index contributed by atoms with van der Waals surface area (Å²) in [5.74, 6) is 1.22. The van der Waals surface area contributed by atoms with Gasteiger partial charge >= 0.3 is 0 Å². The van der Waals surface area contributed by atoms with E-state index in [1.165, 1.54) is 0 Å². The fourth-order valence-electron chi connectivity index (χ4n) is 2.33. The third kappa shape index (κ3) is 3.03. The Morgan fingerprint density at radius 2 is 2.05 bits per heavy atom. The highest BCUT2D eigenvalue weighted by molar-refractivity contribution is 8.00. The number of benzene rings is 1. The summed E-state index contributed by atoms with van der Waals surface area (Å²) in [6.45, 7) is 0.607. The summed E-state index contributed by atoms with van der Waals surface area (Å²) in [6, 6.07) is 15.7. The van der Waals surface area contributed by atoms with Crippen LogP contribution in [0.15, 0.2) is 48.5 Å². The highest BCUT2D eigenvalue weighted by atomic mass is 32.2. The Kier molecular flexibility index (Phi) is 4.10. The summed E-state index contributed by atoms with van der Waals surface area (Å²) in [5, 5.41) is -0.0483. The molecule has 2 aromatic rings. The van der Waals surface area contributed by atoms with Crippen LogP contribution in [0.4, 0.5) is 0 Å². The van der Waals surface area contributed by atoms with Gasteiger partial charge in [-0.25, -0.2) is 4.98 Å². The van der Waals surface area contributed by atoms with Crippen molar-refractivity contribution in [1.29, 1.82) is 0 Å². The molecule has 0 aliphatic carbocycles. The number of carbonyl (C=O) groups is 1. The number of pyridine rings is 1. The fourth-order valence-corrected chi connectivity index (χ4v) is 3.47. The maximum absolute atomic E-state index is 12.2. The largest absolute Gasteiger partial charge is 0.481 e. The summed E-state index contributed by atoms with van der Waals surface area (Å²) in [7, 11) is 1.60. The molecule has 1 amide bonds. The van der Waals surface area contributed by atoms with E-state index in [2.05, 4.69) is 4.98 Å². The van der Waals surface area contributed by atoms with Crippen molar-refractivity contribution in [3.05, 3.63) is 59.8 Å². The van der Waals surface area contributed by atoms with E-state index >= 15 is 0 Å². The third-order valence-electron chi connectivity index (χ3n) is 3.37. The van der Waals surface area contributed by atoms with E-state index < -0.39 is 0 Å². The van der Waals surface area contributed by atoms with Crippen molar-refractivity contribution in [2.75, 3.05) is 12.9 Å². The monoisotopic (exact) mass is 300 g/mol. The molecule has 0 radical (unpaired) electrons. The standard InChI is InChI=1S/C16H16N2O2S/c1-20-14-9-5-8-13(17-14)16-18(15(19)11-21-16)10-12-6-3-2-4-7-12/h2-9,16H,10-11H2,1H3. The molecule has 21 heavy (non-hydrogen) atoms. The number of aromatic nitrogens is 1. The zero-order chi connectivity index (χ0) is 14.7. The van der Waals surface area contributed by atoms with Gasteiger partial charge in [-0.2, -0.15) is 0 Å². The predicted octanol–water partition coefficient (Wildman–Crippen LogP) is 2.86. The Hall–Kier alpha value is -2.01. The Bertz CT molecular complexity index is 633. The van der Waals surface area contributed by atoms with Crippen LogP contribution >= 0.6 is 11.8 Å². The molecule has 1 saturated heterocycles. The summed E-state index contributed by atoms with van der Waals surface area (Å²) >= 11 is 1.61. The van der Waals surface area contributed by atoms with Crippen molar-refractivity contribution in [3.63, 3.8) is 0 Å². The second kappa shape index (κ2) is 6.18. The first kappa shape index (κ1) is 13.9. The van der Waals surface area contributed by atoms with E-state index in [1.54, 1.807) is 18.9 Å². The van der Waals surface area contributed by atoms with Crippen molar-refractivity contribution in [1.82, 2.24) is 9.88 Å². The average Bonchev–Trinajstić information content (AvgIpc) is 2.89. The maximum atomic E-state index is 12.2. The number of methoxy groups -OCH3 is 1. The lowest BCUT2D eigenvalue weighted by molar-refractivity contribution is -0.128. The lowest BCUT2D eigenvalue weighted by Gasteiger charge is -2.23. The summed E-state index contributed by atoms with van der Waals surface area (Å²) in [6.07, 6.45) is 0. The van der Waals surface area contributed by atoms with Crippen LogP contribution in [-0.4, -0.2) is 28.7 Å². The van der Waals surface area contributed by atoms with Crippen molar-refractivity contribution < 1.29 is 9.53 Å². The number of hydrogen-bond donors (Lipinski definition) is 0. The molecule has 108 valence electrons. The highest BCUT2D eigenvalue weighted by Crippen LogP contribution is 2.39. The van der Waals surface area contributed by atoms with Gasteiger partial charge < -0.3 is 9.64 Å². The number of carbonyl (C=O) groups excluding carboxylic acids is 1. The molecule has 0 saturated carbocycles. The number of thioether (sulfide) groups is 1. The molecule has 0 bridgehead atoms. The molecule has 1 aromatic carbocycles. The molecule has 1 unspecified atom stereocenters. The maximum Gasteiger partial charge on any atom is 0.234 e. The molecule has 4 nitrogen and oxygen atoms in total. The highest BCUT2D eigenvalue weighted by Gasteiger charge is 2.33. The van der Waals surface area contributed by atoms with E-state index in [4.69, 9.17) is 4.74 Å². The quantitative estimate of drug-likeness (QED) is 0.871. The van der Waals surface area contributed by atoms with Gasteiger partial charge in [-0.3, -0.25) is 4.79 Å². The van der Waals surface area contributed by atoms with Gasteiger partial charge in [0.25, 0.3) is 0 Å². The smallest absolute Gasteiger partial charge is 0.234 e. The Balaban J connectivity index is 1.85. The normalized spacial score (nSPS) is 18.0. The lowest BCUT2D eigenvalue weighted by Crippen LogP contribution is -2.28. The Morgan fingerprint density at radius 3 is 2.81 bits per heavy atom. The first-order valence-corrected chi connectivity index (χ1v) is 7.79. The van der Waals surface area contributed by atoms with Gasteiger partial charge in [0.15, 0.2) is 0 Å². The molecule has 3 rings (SSSR count). The average molecular weight is 300 g/mol. The van der Waals surface area contributed by atoms with E-state index in [0.29, 0.717) is 18.2 Å². The van der Waals surface area contributed by atoms with Gasteiger partial charge in [-0.15, -0.1) is 11.8 Å². The van der Waals surface area contributed by atoms with Crippen LogP contribution in [0.3, 0.4) is 0 Å². The van der Waals surface area contributed by atoms with Crippen molar-refractivity contribution in [3.8, 4) is 5.88 Å². The van der Waals surface area contributed by atoms with Gasteiger partial charge in [0.05, 0.1) is 18.6 Å². The minimum Gasteiger partial charge on any atom is -0.481 e. The molecular weight excluding hydrogens is 284 g/mol. The molecule has 1 fully saturated rings. The van der Waals surface area contributed by atoms with Crippen LogP contribution in [0.5, 0.6) is 5.88 Å². The zero-order valence-corrected chi connectivity index (χ0v) is 12.5. The van der Waals surface area contributed by atoms with Gasteiger partial charge in [-0.05, 0) is 11.6 Å². The van der Waals surface area contributed by atoms with Crippen LogP contribution < -0.4 is 4.74 Å². The number of rotatable bonds is 4. The summed E-state index contributed by atoms with van der Waals surface area (Å²) in [5.41, 5.74) is 1.99. The second-order valence-electron chi connectivity index (χ2n) is 4.78. The minimum absolute atomic E-state index is 0.0483. The Labute approximate surface area is 128 Å². The van der Waals surface area contributed by atoms with E-state index in [-0.39, 0.29) is 11.3 Å². The number of nitrogens with zero attached hydrogens (tertiary/aromatic N) is 2. The predicted molar refractivity (Wildman–Crippen MR) is 83.0 cm³/mol. The number of ether oxygens (including phenoxy) is 1. The molecular formula is C16H16N2O2S. The van der Waals surface area contributed by atoms with E-state index in [0.717, 1.165) is 11.3 Å². The SMILES string of the molecule is COc1cccc(C2SCC(=O)N2Cc2ccccc2)n1. The first-order chi connectivity index (χ1) is 10.3. The van der Waals surface area contributed by atoms with Crippen LogP contribution in [0.1, 0.15) is 16.6 Å². The second-order valence-corrected chi connectivity index (χ2v) is 5.84. The van der Waals surface area contributed by atoms with Crippen LogP contribution in [0.25, 0.3) is 0 Å². The van der Waals surface area contributed by atoms with Gasteiger partial charge in [0.2, 0.25) is 11.8 Å². The third-order valence-corrected chi connectivity index (χ3v) is 4.60. The molecule has 1 aliphatic heterocycles. The van der Waals surface area contributed by atoms with Gasteiger partial charge in [-0.1, -0.05) is 36.4 Å². The summed E-state index contributed by atoms with van der Waals surface area (Å²) < 4.78 is 5.17. The van der Waals surface area contributed by atoms with Gasteiger partial charge in [0, 0.05) is 12.6 Å². The Morgan fingerprint density at radius 1 is 1.24 bits per heavy atom. The minimum atomic E-state index is -0.0483. The summed E-state index contributed by atoms with van der Waals surface area (Å²) in [4.78, 5) is 18.5. The zero-order valence-electron chi connectivity index (χ0n) is 11.7. The molecule has 0 N–H and O–H groups in total. The van der Waals surface area contributed by atoms with Crippen LogP contribution in [0.2, 0.25) is 0 Å². The number of amides is 1. The van der Waals surface area contributed by atoms with Crippen molar-refractivity contribution in [2.24, 2.45) is 0 Å². The molecule has 0 spiro atoms. The molecule has 1 aliphatic rings. The topological polar surface area (TPSA) is 42.4 Å². The fraction of sp³-hybridized carbons (Fsp3) is 0.250. The molecule has 5 heteroatoms. The van der Waals surface area contributed by atoms with E-state index in [9.17, 15) is 4.79 Å². The van der Waals surface area contributed by atoms with E-state index in [1.807, 2.05) is 53.4 Å². The molecule has 1 atom stereocenters.